The quantitative estimate of drug-likeness (QED) is 0.539. The van der Waals surface area contributed by atoms with Gasteiger partial charge < -0.3 is 10.6 Å². The minimum Gasteiger partial charge on any atom is -0.362 e. The Morgan fingerprint density at radius 1 is 1.14 bits per heavy atom. The van der Waals surface area contributed by atoms with Gasteiger partial charge in [0.2, 0.25) is 0 Å². The minimum atomic E-state index is -0.675. The highest BCUT2D eigenvalue weighted by atomic mass is 19.1. The predicted molar refractivity (Wildman–Crippen MR) is 135 cm³/mol. The Labute approximate surface area is 208 Å². The second-order valence-electron chi connectivity index (χ2n) is 10.2. The maximum Gasteiger partial charge on any atom is 0.250 e. The molecule has 3 aliphatic rings. The third kappa shape index (κ3) is 3.31. The van der Waals surface area contributed by atoms with Crippen LogP contribution >= 0.6 is 0 Å². The number of nitrogens with zero attached hydrogens (tertiary/aromatic N) is 4. The molecule has 36 heavy (non-hydrogen) atoms. The van der Waals surface area contributed by atoms with E-state index in [2.05, 4.69) is 45.0 Å². The number of amides is 1. The molecule has 1 unspecified atom stereocenters. The molecule has 0 bridgehead atoms. The summed E-state index contributed by atoms with van der Waals surface area (Å²) in [7, 11) is 0. The van der Waals surface area contributed by atoms with E-state index in [4.69, 9.17) is 0 Å². The van der Waals surface area contributed by atoms with Crippen LogP contribution in [-0.2, 0) is 10.2 Å². The summed E-state index contributed by atoms with van der Waals surface area (Å²) in [6, 6.07) is 16.4. The first-order chi connectivity index (χ1) is 17.3. The van der Waals surface area contributed by atoms with Crippen molar-refractivity contribution >= 4 is 5.91 Å². The lowest BCUT2D eigenvalue weighted by atomic mass is 9.62. The molecule has 4 heterocycles. The minimum absolute atomic E-state index is 0.0661. The van der Waals surface area contributed by atoms with Gasteiger partial charge in [-0.15, -0.1) is 0 Å². The van der Waals surface area contributed by atoms with Crippen LogP contribution in [0.2, 0.25) is 0 Å². The monoisotopic (exact) mass is 482 g/mol. The van der Waals surface area contributed by atoms with Gasteiger partial charge in [0.1, 0.15) is 5.82 Å². The fourth-order valence-electron chi connectivity index (χ4n) is 5.86. The number of benzene rings is 2. The van der Waals surface area contributed by atoms with Crippen LogP contribution in [0, 0.1) is 5.82 Å². The van der Waals surface area contributed by atoms with Crippen molar-refractivity contribution in [3.8, 4) is 16.9 Å². The lowest BCUT2D eigenvalue weighted by molar-refractivity contribution is -0.120. The van der Waals surface area contributed by atoms with Crippen LogP contribution in [0.5, 0.6) is 0 Å². The zero-order chi connectivity index (χ0) is 25.1. The van der Waals surface area contributed by atoms with Gasteiger partial charge in [-0.05, 0) is 62.2 Å². The molecule has 0 spiro atoms. The third-order valence-electron chi connectivity index (χ3n) is 7.40. The predicted octanol–water partition coefficient (Wildman–Crippen LogP) is 5.16. The average molecular weight is 483 g/mol. The second-order valence-corrected chi connectivity index (χ2v) is 10.2. The first kappa shape index (κ1) is 22.4. The molecule has 0 radical (unpaired) electrons. The van der Waals surface area contributed by atoms with Crippen molar-refractivity contribution in [3.63, 3.8) is 0 Å². The third-order valence-corrected chi connectivity index (χ3v) is 7.40. The highest BCUT2D eigenvalue weighted by molar-refractivity contribution is 6.00. The molecule has 8 heteroatoms. The number of nitrogens with one attached hydrogen (secondary N) is 2. The van der Waals surface area contributed by atoms with E-state index in [9.17, 15) is 9.18 Å². The normalized spacial score (nSPS) is 24.1. The Balaban J connectivity index is 1.52. The Hall–Kier alpha value is -4.07. The van der Waals surface area contributed by atoms with Crippen molar-refractivity contribution in [1.82, 2.24) is 20.4 Å². The summed E-state index contributed by atoms with van der Waals surface area (Å²) in [5.41, 5.74) is 5.20. The van der Waals surface area contributed by atoms with E-state index in [-0.39, 0.29) is 23.4 Å². The number of carbonyl (C=O) groups is 1. The number of fused-ring (bicyclic) bond motifs is 1. The zero-order valence-corrected chi connectivity index (χ0v) is 20.4. The Morgan fingerprint density at radius 2 is 1.94 bits per heavy atom. The van der Waals surface area contributed by atoms with Crippen molar-refractivity contribution in [1.29, 1.82) is 0 Å². The summed E-state index contributed by atoms with van der Waals surface area (Å²) in [6.45, 7) is 6.17. The van der Waals surface area contributed by atoms with Gasteiger partial charge >= 0.3 is 0 Å². The van der Waals surface area contributed by atoms with Gasteiger partial charge in [0.25, 0.3) is 5.91 Å². The van der Waals surface area contributed by atoms with E-state index in [0.29, 0.717) is 12.8 Å². The van der Waals surface area contributed by atoms with Gasteiger partial charge in [0, 0.05) is 28.8 Å². The number of aromatic nitrogens is 2. The molecule has 2 atom stereocenters. The maximum atomic E-state index is 13.6. The lowest BCUT2D eigenvalue weighted by Crippen LogP contribution is -2.58. The van der Waals surface area contributed by atoms with Gasteiger partial charge in [0.15, 0.2) is 6.17 Å². The van der Waals surface area contributed by atoms with E-state index in [1.54, 1.807) is 29.2 Å². The molecule has 3 aliphatic heterocycles. The number of azo groups is 1. The molecule has 6 rings (SSSR count). The standard InChI is InChI=1S/C28H27FN6O/c1-4-28(21-16-30-34-25(21)32-22-15-27(2,3)33-26(36)24(22)28)18-7-5-6-17(14-18)23-12-13-31-35(23)20-10-8-19(29)9-11-20/h5-14,16,25,32H,4,15H2,1-3H3,(H,33,36)/t25?,28-/m1/s1. The van der Waals surface area contributed by atoms with E-state index in [0.717, 1.165) is 39.4 Å². The second kappa shape index (κ2) is 7.98. The van der Waals surface area contributed by atoms with Crippen molar-refractivity contribution < 1.29 is 9.18 Å². The average Bonchev–Trinajstić information content (AvgIpc) is 3.52. The van der Waals surface area contributed by atoms with Crippen molar-refractivity contribution in [2.75, 3.05) is 0 Å². The molecule has 0 saturated heterocycles. The molecule has 2 N–H and O–H groups in total. The van der Waals surface area contributed by atoms with E-state index in [1.165, 1.54) is 12.1 Å². The van der Waals surface area contributed by atoms with Gasteiger partial charge in [-0.2, -0.15) is 15.3 Å². The lowest BCUT2D eigenvalue weighted by Gasteiger charge is -2.48. The molecule has 1 amide bonds. The molecular formula is C28H27FN6O. The molecule has 0 aliphatic carbocycles. The Morgan fingerprint density at radius 3 is 2.72 bits per heavy atom. The molecule has 0 saturated carbocycles. The van der Waals surface area contributed by atoms with Gasteiger partial charge in [-0.25, -0.2) is 9.07 Å². The van der Waals surface area contributed by atoms with E-state index >= 15 is 0 Å². The van der Waals surface area contributed by atoms with Crippen molar-refractivity contribution in [3.05, 3.63) is 95.2 Å². The SMILES string of the molecule is CC[C@@]1(c2cccc(-c3ccnn3-c3ccc(F)cc3)c2)C2=CN=NC2NC2=C1C(=O)NC(C)(C)C2. The Kier molecular flexibility index (Phi) is 4.96. The first-order valence-electron chi connectivity index (χ1n) is 12.2. The molecule has 2 aromatic carbocycles. The van der Waals surface area contributed by atoms with Crippen LogP contribution in [0.25, 0.3) is 16.9 Å². The largest absolute Gasteiger partial charge is 0.362 e. The highest BCUT2D eigenvalue weighted by Crippen LogP contribution is 2.51. The molecular weight excluding hydrogens is 455 g/mol. The smallest absolute Gasteiger partial charge is 0.250 e. The number of hydrogen-bond acceptors (Lipinski definition) is 5. The molecule has 0 fully saturated rings. The number of carbonyl (C=O) groups excluding carboxylic acids is 1. The maximum absolute atomic E-state index is 13.6. The fraction of sp³-hybridized carbons (Fsp3) is 0.286. The molecule has 7 nitrogen and oxygen atoms in total. The number of hydrogen-bond donors (Lipinski definition) is 2. The van der Waals surface area contributed by atoms with Crippen molar-refractivity contribution in [2.24, 2.45) is 10.2 Å². The van der Waals surface area contributed by atoms with Crippen molar-refractivity contribution in [2.45, 2.75) is 50.7 Å². The van der Waals surface area contributed by atoms with Crippen LogP contribution in [0.15, 0.2) is 94.1 Å². The molecule has 3 aromatic rings. The van der Waals surface area contributed by atoms with Crippen LogP contribution < -0.4 is 10.6 Å². The van der Waals surface area contributed by atoms with E-state index < -0.39 is 5.41 Å². The van der Waals surface area contributed by atoms with Gasteiger partial charge in [-0.1, -0.05) is 25.1 Å². The summed E-state index contributed by atoms with van der Waals surface area (Å²) < 4.78 is 15.3. The van der Waals surface area contributed by atoms with Gasteiger partial charge in [-0.3, -0.25) is 4.79 Å². The topological polar surface area (TPSA) is 83.7 Å². The highest BCUT2D eigenvalue weighted by Gasteiger charge is 2.53. The molecule has 182 valence electrons. The van der Waals surface area contributed by atoms with Gasteiger partial charge in [0.05, 0.1) is 34.8 Å². The zero-order valence-electron chi connectivity index (χ0n) is 20.4. The van der Waals surface area contributed by atoms with Crippen LogP contribution in [0.3, 0.4) is 0 Å². The fourth-order valence-corrected chi connectivity index (χ4v) is 5.86. The summed E-state index contributed by atoms with van der Waals surface area (Å²) in [6.07, 6.45) is 4.60. The number of rotatable bonds is 4. The molecule has 1 aromatic heterocycles. The van der Waals surface area contributed by atoms with Crippen LogP contribution in [0.4, 0.5) is 4.39 Å². The summed E-state index contributed by atoms with van der Waals surface area (Å²) in [5, 5.41) is 19.9. The van der Waals surface area contributed by atoms with Crippen LogP contribution in [-0.4, -0.2) is 27.4 Å². The first-order valence-corrected chi connectivity index (χ1v) is 12.2. The van der Waals surface area contributed by atoms with E-state index in [1.807, 2.05) is 32.0 Å². The summed E-state index contributed by atoms with van der Waals surface area (Å²) >= 11 is 0. The summed E-state index contributed by atoms with van der Waals surface area (Å²) in [4.78, 5) is 13.6. The Bertz CT molecular complexity index is 1470. The number of halogens is 1. The van der Waals surface area contributed by atoms with Crippen LogP contribution in [0.1, 0.15) is 39.2 Å². The summed E-state index contributed by atoms with van der Waals surface area (Å²) in [5.74, 6) is -0.359.